The van der Waals surface area contributed by atoms with E-state index in [1.54, 1.807) is 0 Å². The summed E-state index contributed by atoms with van der Waals surface area (Å²) in [5.74, 6) is 3.10. The first kappa shape index (κ1) is 16.8. The first-order chi connectivity index (χ1) is 13.3. The molecule has 0 fully saturated rings. The van der Waals surface area contributed by atoms with Crippen molar-refractivity contribution in [2.45, 2.75) is 6.92 Å². The molecule has 1 aromatic heterocycles. The Kier molecular flexibility index (Phi) is 4.79. The molecule has 132 valence electrons. The average Bonchev–Trinajstić information content (AvgIpc) is 2.72. The maximum atomic E-state index is 5.83. The van der Waals surface area contributed by atoms with Gasteiger partial charge in [0, 0.05) is 23.0 Å². The van der Waals surface area contributed by atoms with Gasteiger partial charge >= 0.3 is 0 Å². The molecule has 4 aromatic rings. The first-order valence-corrected chi connectivity index (χ1v) is 8.77. The summed E-state index contributed by atoms with van der Waals surface area (Å²) in [6.45, 7) is 1.99. The number of hydrogen-bond acceptors (Lipinski definition) is 4. The molecule has 0 amide bonds. The zero-order valence-electron chi connectivity index (χ0n) is 15.0. The Morgan fingerprint density at radius 3 is 2.07 bits per heavy atom. The SMILES string of the molecule is Cc1cnc(-c2ccccc2)nc1Nc1ccc(Oc2ccccc2)cc1. The van der Waals surface area contributed by atoms with Gasteiger partial charge in [-0.05, 0) is 43.3 Å². The van der Waals surface area contributed by atoms with Crippen molar-refractivity contribution in [2.24, 2.45) is 0 Å². The Labute approximate surface area is 158 Å². The zero-order valence-corrected chi connectivity index (χ0v) is 15.0. The number of hydrogen-bond donors (Lipinski definition) is 1. The number of aromatic nitrogens is 2. The molecule has 0 saturated heterocycles. The first-order valence-electron chi connectivity index (χ1n) is 8.77. The average molecular weight is 353 g/mol. The van der Waals surface area contributed by atoms with Gasteiger partial charge in [-0.25, -0.2) is 9.97 Å². The van der Waals surface area contributed by atoms with Gasteiger partial charge in [0.15, 0.2) is 5.82 Å². The molecule has 0 radical (unpaired) electrons. The van der Waals surface area contributed by atoms with Crippen molar-refractivity contribution < 1.29 is 4.74 Å². The molecule has 1 N–H and O–H groups in total. The van der Waals surface area contributed by atoms with E-state index in [1.807, 2.05) is 98.0 Å². The number of nitrogens with zero attached hydrogens (tertiary/aromatic N) is 2. The topological polar surface area (TPSA) is 47.0 Å². The number of rotatable bonds is 5. The summed E-state index contributed by atoms with van der Waals surface area (Å²) in [5.41, 5.74) is 2.92. The molecule has 0 unspecified atom stereocenters. The predicted molar refractivity (Wildman–Crippen MR) is 108 cm³/mol. The van der Waals surface area contributed by atoms with Crippen LogP contribution in [0.3, 0.4) is 0 Å². The van der Waals surface area contributed by atoms with Crippen molar-refractivity contribution in [1.82, 2.24) is 9.97 Å². The van der Waals surface area contributed by atoms with Crippen LogP contribution in [0.2, 0.25) is 0 Å². The summed E-state index contributed by atoms with van der Waals surface area (Å²) in [6.07, 6.45) is 1.84. The van der Waals surface area contributed by atoms with E-state index in [9.17, 15) is 0 Å². The van der Waals surface area contributed by atoms with Crippen LogP contribution < -0.4 is 10.1 Å². The van der Waals surface area contributed by atoms with Gasteiger partial charge in [0.1, 0.15) is 17.3 Å². The van der Waals surface area contributed by atoms with E-state index in [-0.39, 0.29) is 0 Å². The Balaban J connectivity index is 1.52. The standard InChI is InChI=1S/C23H19N3O/c1-17-16-24-23(18-8-4-2-5-9-18)26-22(17)25-19-12-14-21(15-13-19)27-20-10-6-3-7-11-20/h2-16H,1H3,(H,24,25,26). The van der Waals surface area contributed by atoms with Gasteiger partial charge in [-0.3, -0.25) is 0 Å². The largest absolute Gasteiger partial charge is 0.457 e. The minimum absolute atomic E-state index is 0.702. The summed E-state index contributed by atoms with van der Waals surface area (Å²) in [7, 11) is 0. The molecule has 0 bridgehead atoms. The number of ether oxygens (including phenoxy) is 1. The van der Waals surface area contributed by atoms with Gasteiger partial charge in [0.05, 0.1) is 0 Å². The number of benzene rings is 3. The fraction of sp³-hybridized carbons (Fsp3) is 0.0435. The number of anilines is 2. The molecule has 0 aliphatic carbocycles. The van der Waals surface area contributed by atoms with Crippen LogP contribution >= 0.6 is 0 Å². The lowest BCUT2D eigenvalue weighted by Gasteiger charge is -2.11. The Morgan fingerprint density at radius 1 is 0.741 bits per heavy atom. The van der Waals surface area contributed by atoms with Gasteiger partial charge in [0.25, 0.3) is 0 Å². The number of para-hydroxylation sites is 1. The smallest absolute Gasteiger partial charge is 0.161 e. The maximum Gasteiger partial charge on any atom is 0.161 e. The van der Waals surface area contributed by atoms with Crippen LogP contribution in [-0.4, -0.2) is 9.97 Å². The highest BCUT2D eigenvalue weighted by molar-refractivity contribution is 5.63. The molecule has 0 aliphatic rings. The minimum Gasteiger partial charge on any atom is -0.457 e. The van der Waals surface area contributed by atoms with Gasteiger partial charge in [-0.1, -0.05) is 48.5 Å². The Bertz CT molecular complexity index is 1020. The highest BCUT2D eigenvalue weighted by Crippen LogP contribution is 2.25. The quantitative estimate of drug-likeness (QED) is 0.479. The van der Waals surface area contributed by atoms with E-state index in [0.29, 0.717) is 5.82 Å². The summed E-state index contributed by atoms with van der Waals surface area (Å²) >= 11 is 0. The van der Waals surface area contributed by atoms with E-state index in [2.05, 4.69) is 15.3 Å². The third kappa shape index (κ3) is 4.12. The van der Waals surface area contributed by atoms with Crippen LogP contribution in [-0.2, 0) is 0 Å². The second-order valence-corrected chi connectivity index (χ2v) is 6.16. The molecule has 0 saturated carbocycles. The molecule has 0 aliphatic heterocycles. The van der Waals surface area contributed by atoms with Crippen LogP contribution in [0.1, 0.15) is 5.56 Å². The zero-order chi connectivity index (χ0) is 18.5. The van der Waals surface area contributed by atoms with Gasteiger partial charge in [-0.15, -0.1) is 0 Å². The molecule has 0 spiro atoms. The highest BCUT2D eigenvalue weighted by atomic mass is 16.5. The fourth-order valence-electron chi connectivity index (χ4n) is 2.66. The van der Waals surface area contributed by atoms with Crippen molar-refractivity contribution in [2.75, 3.05) is 5.32 Å². The van der Waals surface area contributed by atoms with E-state index >= 15 is 0 Å². The molecule has 1 heterocycles. The van der Waals surface area contributed by atoms with Crippen molar-refractivity contribution in [3.63, 3.8) is 0 Å². The maximum absolute atomic E-state index is 5.83. The van der Waals surface area contributed by atoms with Crippen LogP contribution in [0.5, 0.6) is 11.5 Å². The van der Waals surface area contributed by atoms with E-state index < -0.39 is 0 Å². The molecular formula is C23H19N3O. The van der Waals surface area contributed by atoms with Crippen LogP contribution in [0.15, 0.2) is 91.1 Å². The second-order valence-electron chi connectivity index (χ2n) is 6.16. The molecular weight excluding hydrogens is 334 g/mol. The summed E-state index contributed by atoms with van der Waals surface area (Å²) in [6, 6.07) is 27.5. The third-order valence-corrected chi connectivity index (χ3v) is 4.10. The molecule has 4 heteroatoms. The van der Waals surface area contributed by atoms with E-state index in [1.165, 1.54) is 0 Å². The lowest BCUT2D eigenvalue weighted by atomic mass is 10.2. The summed E-state index contributed by atoms with van der Waals surface area (Å²) in [5, 5.41) is 3.37. The molecule has 3 aromatic carbocycles. The van der Waals surface area contributed by atoms with Crippen LogP contribution in [0.4, 0.5) is 11.5 Å². The highest BCUT2D eigenvalue weighted by Gasteiger charge is 2.06. The van der Waals surface area contributed by atoms with Gasteiger partial charge in [-0.2, -0.15) is 0 Å². The van der Waals surface area contributed by atoms with Gasteiger partial charge in [0.2, 0.25) is 0 Å². The minimum atomic E-state index is 0.702. The monoisotopic (exact) mass is 353 g/mol. The van der Waals surface area contributed by atoms with Crippen molar-refractivity contribution >= 4 is 11.5 Å². The number of nitrogens with one attached hydrogen (secondary N) is 1. The molecule has 0 atom stereocenters. The normalized spacial score (nSPS) is 10.4. The van der Waals surface area contributed by atoms with Crippen LogP contribution in [0.25, 0.3) is 11.4 Å². The van der Waals surface area contributed by atoms with E-state index in [0.717, 1.165) is 34.1 Å². The lowest BCUT2D eigenvalue weighted by Crippen LogP contribution is -2.00. The number of aryl methyl sites for hydroxylation is 1. The summed E-state index contributed by atoms with van der Waals surface area (Å²) in [4.78, 5) is 9.12. The fourth-order valence-corrected chi connectivity index (χ4v) is 2.66. The lowest BCUT2D eigenvalue weighted by molar-refractivity contribution is 0.483. The molecule has 4 nitrogen and oxygen atoms in total. The van der Waals surface area contributed by atoms with Crippen LogP contribution in [0, 0.1) is 6.92 Å². The van der Waals surface area contributed by atoms with Crippen molar-refractivity contribution in [3.05, 3.63) is 96.7 Å². The third-order valence-electron chi connectivity index (χ3n) is 4.10. The van der Waals surface area contributed by atoms with E-state index in [4.69, 9.17) is 4.74 Å². The summed E-state index contributed by atoms with van der Waals surface area (Å²) < 4.78 is 5.83. The molecule has 27 heavy (non-hydrogen) atoms. The Morgan fingerprint density at radius 2 is 1.37 bits per heavy atom. The Hall–Kier alpha value is -3.66. The van der Waals surface area contributed by atoms with Gasteiger partial charge < -0.3 is 10.1 Å². The van der Waals surface area contributed by atoms with Crippen molar-refractivity contribution in [1.29, 1.82) is 0 Å². The molecule has 4 rings (SSSR count). The predicted octanol–water partition coefficient (Wildman–Crippen LogP) is 5.99. The van der Waals surface area contributed by atoms with Crippen molar-refractivity contribution in [3.8, 4) is 22.9 Å². The second kappa shape index (κ2) is 7.70.